The summed E-state index contributed by atoms with van der Waals surface area (Å²) in [6.07, 6.45) is 3.03. The van der Waals surface area contributed by atoms with Crippen LogP contribution in [-0.4, -0.2) is 34.9 Å². The average Bonchev–Trinajstić information content (AvgIpc) is 2.71. The summed E-state index contributed by atoms with van der Waals surface area (Å²) in [7, 11) is 1.34. The average molecular weight is 287 g/mol. The molecule has 1 N–H and O–H groups in total. The molecular formula is C10H13N3O3S2. The summed E-state index contributed by atoms with van der Waals surface area (Å²) >= 11 is 2.51. The maximum absolute atomic E-state index is 11.7. The molecule has 0 atom stereocenters. The molecule has 1 aromatic heterocycles. The van der Waals surface area contributed by atoms with Gasteiger partial charge in [-0.05, 0) is 12.8 Å². The lowest BCUT2D eigenvalue weighted by Gasteiger charge is -2.23. The quantitative estimate of drug-likeness (QED) is 0.502. The van der Waals surface area contributed by atoms with Crippen molar-refractivity contribution in [1.29, 1.82) is 0 Å². The van der Waals surface area contributed by atoms with Gasteiger partial charge < -0.3 is 10.1 Å². The number of amides is 1. The van der Waals surface area contributed by atoms with Gasteiger partial charge in [0.15, 0.2) is 4.34 Å². The lowest BCUT2D eigenvalue weighted by molar-refractivity contribution is -0.137. The molecule has 8 heteroatoms. The van der Waals surface area contributed by atoms with E-state index in [1.165, 1.54) is 30.2 Å². The maximum atomic E-state index is 11.7. The fourth-order valence-corrected chi connectivity index (χ4v) is 2.96. The molecule has 2 rings (SSSR count). The molecule has 0 bridgehead atoms. The van der Waals surface area contributed by atoms with Crippen LogP contribution < -0.4 is 5.32 Å². The fourth-order valence-electron chi connectivity index (χ4n) is 1.38. The van der Waals surface area contributed by atoms with Crippen molar-refractivity contribution >= 4 is 40.1 Å². The molecule has 1 fully saturated rings. The number of anilines is 1. The molecule has 1 aliphatic carbocycles. The smallest absolute Gasteiger partial charge is 0.316 e. The number of thioether (sulfide) groups is 1. The summed E-state index contributed by atoms with van der Waals surface area (Å²) in [6, 6.07) is 0. The molecule has 0 saturated heterocycles. The first kappa shape index (κ1) is 13.3. The number of nitrogens with one attached hydrogen (secondary N) is 1. The van der Waals surface area contributed by atoms with Crippen molar-refractivity contribution in [2.75, 3.05) is 18.2 Å². The van der Waals surface area contributed by atoms with E-state index in [1.54, 1.807) is 0 Å². The largest absolute Gasteiger partial charge is 0.468 e. The third kappa shape index (κ3) is 3.42. The topological polar surface area (TPSA) is 81.2 Å². The molecule has 18 heavy (non-hydrogen) atoms. The third-order valence-electron chi connectivity index (χ3n) is 2.65. The van der Waals surface area contributed by atoms with Crippen LogP contribution in [0, 0.1) is 5.92 Å². The van der Waals surface area contributed by atoms with Gasteiger partial charge in [-0.1, -0.05) is 29.5 Å². The van der Waals surface area contributed by atoms with Crippen LogP contribution in [0.1, 0.15) is 19.3 Å². The van der Waals surface area contributed by atoms with Crippen LogP contribution in [0.4, 0.5) is 5.13 Å². The number of aromatic nitrogens is 2. The van der Waals surface area contributed by atoms with Gasteiger partial charge in [-0.3, -0.25) is 9.59 Å². The van der Waals surface area contributed by atoms with E-state index in [1.807, 2.05) is 0 Å². The highest BCUT2D eigenvalue weighted by Crippen LogP contribution is 2.29. The SMILES string of the molecule is COC(=O)CSc1nnc(NC(=O)C2CCC2)s1. The van der Waals surface area contributed by atoms with Crippen LogP contribution in [-0.2, 0) is 14.3 Å². The van der Waals surface area contributed by atoms with Crippen molar-refractivity contribution in [2.45, 2.75) is 23.6 Å². The number of esters is 1. The minimum Gasteiger partial charge on any atom is -0.468 e. The summed E-state index contributed by atoms with van der Waals surface area (Å²) in [5, 5.41) is 11.0. The summed E-state index contributed by atoms with van der Waals surface area (Å²) < 4.78 is 5.17. The van der Waals surface area contributed by atoms with Crippen LogP contribution >= 0.6 is 23.1 Å². The lowest BCUT2D eigenvalue weighted by Crippen LogP contribution is -2.27. The Morgan fingerprint density at radius 3 is 2.89 bits per heavy atom. The third-order valence-corrected chi connectivity index (χ3v) is 4.60. The Morgan fingerprint density at radius 1 is 1.50 bits per heavy atom. The van der Waals surface area contributed by atoms with Crippen LogP contribution in [0.25, 0.3) is 0 Å². The summed E-state index contributed by atoms with van der Waals surface area (Å²) in [6.45, 7) is 0. The van der Waals surface area contributed by atoms with Crippen molar-refractivity contribution in [2.24, 2.45) is 5.92 Å². The molecule has 6 nitrogen and oxygen atoms in total. The van der Waals surface area contributed by atoms with Gasteiger partial charge in [0.25, 0.3) is 0 Å². The second kappa shape index (κ2) is 6.14. The number of methoxy groups -OCH3 is 1. The standard InChI is InChI=1S/C10H13N3O3S2/c1-16-7(14)5-17-10-13-12-9(18-10)11-8(15)6-3-2-4-6/h6H,2-5H2,1H3,(H,11,12,15). The molecule has 0 aromatic carbocycles. The number of hydrogen-bond acceptors (Lipinski definition) is 7. The molecule has 0 unspecified atom stereocenters. The van der Waals surface area contributed by atoms with Crippen LogP contribution in [0.15, 0.2) is 4.34 Å². The summed E-state index contributed by atoms with van der Waals surface area (Å²) in [5.41, 5.74) is 0. The zero-order chi connectivity index (χ0) is 13.0. The number of ether oxygens (including phenoxy) is 1. The predicted molar refractivity (Wildman–Crippen MR) is 68.6 cm³/mol. The van der Waals surface area contributed by atoms with Crippen molar-refractivity contribution < 1.29 is 14.3 Å². The first-order valence-electron chi connectivity index (χ1n) is 5.53. The Balaban J connectivity index is 1.81. The summed E-state index contributed by atoms with van der Waals surface area (Å²) in [4.78, 5) is 22.6. The van der Waals surface area contributed by atoms with E-state index >= 15 is 0 Å². The van der Waals surface area contributed by atoms with Gasteiger partial charge in [-0.25, -0.2) is 0 Å². The molecule has 1 aliphatic rings. The first-order chi connectivity index (χ1) is 8.69. The summed E-state index contributed by atoms with van der Waals surface area (Å²) in [5.74, 6) is 0.0269. The molecule has 0 radical (unpaired) electrons. The normalized spacial score (nSPS) is 14.9. The van der Waals surface area contributed by atoms with E-state index in [2.05, 4.69) is 20.3 Å². The number of carbonyl (C=O) groups excluding carboxylic acids is 2. The van der Waals surface area contributed by atoms with Crippen molar-refractivity contribution in [3.63, 3.8) is 0 Å². The number of hydrogen-bond donors (Lipinski definition) is 1. The predicted octanol–water partition coefficient (Wildman–Crippen LogP) is 1.54. The van der Waals surface area contributed by atoms with Crippen molar-refractivity contribution in [3.8, 4) is 0 Å². The Bertz CT molecular complexity index is 445. The highest BCUT2D eigenvalue weighted by Gasteiger charge is 2.25. The zero-order valence-electron chi connectivity index (χ0n) is 9.84. The highest BCUT2D eigenvalue weighted by molar-refractivity contribution is 8.01. The first-order valence-corrected chi connectivity index (χ1v) is 7.33. The monoisotopic (exact) mass is 287 g/mol. The van der Waals surface area contributed by atoms with Crippen molar-refractivity contribution in [3.05, 3.63) is 0 Å². The van der Waals surface area contributed by atoms with E-state index in [9.17, 15) is 9.59 Å². The van der Waals surface area contributed by atoms with Gasteiger partial charge in [0.1, 0.15) is 0 Å². The van der Waals surface area contributed by atoms with Gasteiger partial charge in [0.05, 0.1) is 12.9 Å². The zero-order valence-corrected chi connectivity index (χ0v) is 11.5. The van der Waals surface area contributed by atoms with Crippen molar-refractivity contribution in [1.82, 2.24) is 10.2 Å². The lowest BCUT2D eigenvalue weighted by atomic mass is 9.85. The van der Waals surface area contributed by atoms with Crippen LogP contribution in [0.3, 0.4) is 0 Å². The molecular weight excluding hydrogens is 274 g/mol. The minimum absolute atomic E-state index is 0.0157. The molecule has 1 aromatic rings. The molecule has 98 valence electrons. The number of carbonyl (C=O) groups is 2. The molecule has 1 amide bonds. The van der Waals surface area contributed by atoms with Gasteiger partial charge >= 0.3 is 5.97 Å². The minimum atomic E-state index is -0.310. The molecule has 0 aliphatic heterocycles. The Hall–Kier alpha value is -1.15. The van der Waals surface area contributed by atoms with E-state index in [-0.39, 0.29) is 23.5 Å². The fraction of sp³-hybridized carbons (Fsp3) is 0.600. The highest BCUT2D eigenvalue weighted by atomic mass is 32.2. The second-order valence-electron chi connectivity index (χ2n) is 3.86. The van der Waals surface area contributed by atoms with E-state index < -0.39 is 0 Å². The van der Waals surface area contributed by atoms with Gasteiger partial charge in [-0.15, -0.1) is 10.2 Å². The van der Waals surface area contributed by atoms with Crippen LogP contribution in [0.2, 0.25) is 0 Å². The van der Waals surface area contributed by atoms with Crippen LogP contribution in [0.5, 0.6) is 0 Å². The van der Waals surface area contributed by atoms with E-state index in [0.29, 0.717) is 9.47 Å². The number of rotatable bonds is 5. The number of nitrogens with zero attached hydrogens (tertiary/aromatic N) is 2. The van der Waals surface area contributed by atoms with Gasteiger partial charge in [0.2, 0.25) is 11.0 Å². The Kier molecular flexibility index (Phi) is 4.54. The van der Waals surface area contributed by atoms with E-state index in [4.69, 9.17) is 0 Å². The molecule has 1 heterocycles. The van der Waals surface area contributed by atoms with Gasteiger partial charge in [0, 0.05) is 5.92 Å². The maximum Gasteiger partial charge on any atom is 0.316 e. The molecule has 0 spiro atoms. The van der Waals surface area contributed by atoms with E-state index in [0.717, 1.165) is 19.3 Å². The molecule has 1 saturated carbocycles. The Morgan fingerprint density at radius 2 is 2.28 bits per heavy atom. The Labute approximate surface area is 113 Å². The van der Waals surface area contributed by atoms with Gasteiger partial charge in [-0.2, -0.15) is 0 Å². The second-order valence-corrected chi connectivity index (χ2v) is 6.05.